The highest BCUT2D eigenvalue weighted by molar-refractivity contribution is 5.87. The number of nitrogens with two attached hydrogens (primary N) is 1. The third kappa shape index (κ3) is 3.82. The molecule has 0 aromatic carbocycles. The average Bonchev–Trinajstić information content (AvgIpc) is 2.61. The number of carbonyl (C=O) groups excluding carboxylic acids is 3. The van der Waals surface area contributed by atoms with Crippen molar-refractivity contribution >= 4 is 24.3 Å². The molecule has 1 fully saturated rings. The second-order valence-corrected chi connectivity index (χ2v) is 2.91. The van der Waals surface area contributed by atoms with E-state index in [1.54, 1.807) is 0 Å². The molecule has 0 aromatic rings. The first-order valence-corrected chi connectivity index (χ1v) is 4.50. The van der Waals surface area contributed by atoms with Crippen LogP contribution >= 0.6 is 0 Å². The summed E-state index contributed by atoms with van der Waals surface area (Å²) in [5.41, 5.74) is 8.51. The van der Waals surface area contributed by atoms with Gasteiger partial charge in [-0.05, 0) is 0 Å². The fraction of sp³-hybridized carbons (Fsp3) is 0.429. The summed E-state index contributed by atoms with van der Waals surface area (Å²) in [5.74, 6) is 0. The summed E-state index contributed by atoms with van der Waals surface area (Å²) in [6.45, 7) is 1.39. The largest absolute Gasteiger partial charge is 0.359 e. The van der Waals surface area contributed by atoms with E-state index in [1.165, 1.54) is 11.1 Å². The smallest absolute Gasteiger partial charge is 0.350 e. The lowest BCUT2D eigenvalue weighted by Crippen LogP contribution is -2.43. The molecular formula is C7H12N6O3. The van der Waals surface area contributed by atoms with Crippen molar-refractivity contribution in [2.45, 2.75) is 0 Å². The van der Waals surface area contributed by atoms with E-state index >= 15 is 0 Å². The van der Waals surface area contributed by atoms with Crippen molar-refractivity contribution < 1.29 is 14.4 Å². The number of hydrogen-bond donors (Lipinski definition) is 4. The molecule has 1 rings (SSSR count). The normalized spacial score (nSPS) is 15.0. The summed E-state index contributed by atoms with van der Waals surface area (Å²) in [5, 5.41) is 2.60. The van der Waals surface area contributed by atoms with E-state index in [4.69, 9.17) is 5.73 Å². The Kier molecular flexibility index (Phi) is 4.07. The minimum Gasteiger partial charge on any atom is -0.350 e. The SMILES string of the molecule is NC(=O)NNC(=O)N=CCN1CCNC1=O. The van der Waals surface area contributed by atoms with E-state index in [0.29, 0.717) is 13.1 Å². The van der Waals surface area contributed by atoms with Gasteiger partial charge in [-0.15, -0.1) is 0 Å². The van der Waals surface area contributed by atoms with Gasteiger partial charge in [0.25, 0.3) is 0 Å². The zero-order chi connectivity index (χ0) is 12.0. The van der Waals surface area contributed by atoms with E-state index in [-0.39, 0.29) is 12.6 Å². The molecular weight excluding hydrogens is 216 g/mol. The second-order valence-electron chi connectivity index (χ2n) is 2.91. The van der Waals surface area contributed by atoms with Crippen LogP contribution in [0.25, 0.3) is 0 Å². The first-order chi connectivity index (χ1) is 7.59. The van der Waals surface area contributed by atoms with Gasteiger partial charge < -0.3 is 16.0 Å². The first-order valence-electron chi connectivity index (χ1n) is 4.50. The summed E-state index contributed by atoms with van der Waals surface area (Å²) in [6.07, 6.45) is 1.27. The Balaban J connectivity index is 2.23. The van der Waals surface area contributed by atoms with Gasteiger partial charge in [0.15, 0.2) is 0 Å². The molecule has 1 saturated heterocycles. The lowest BCUT2D eigenvalue weighted by atomic mass is 10.5. The second kappa shape index (κ2) is 5.53. The Morgan fingerprint density at radius 3 is 2.88 bits per heavy atom. The Morgan fingerprint density at radius 1 is 1.56 bits per heavy atom. The van der Waals surface area contributed by atoms with Crippen LogP contribution in [0, 0.1) is 0 Å². The summed E-state index contributed by atoms with van der Waals surface area (Å²) in [4.78, 5) is 37.1. The van der Waals surface area contributed by atoms with Gasteiger partial charge in [-0.1, -0.05) is 0 Å². The van der Waals surface area contributed by atoms with Gasteiger partial charge >= 0.3 is 18.1 Å². The van der Waals surface area contributed by atoms with E-state index in [0.717, 1.165) is 0 Å². The zero-order valence-corrected chi connectivity index (χ0v) is 8.40. The van der Waals surface area contributed by atoms with Crippen molar-refractivity contribution in [3.05, 3.63) is 0 Å². The Bertz CT molecular complexity index is 328. The van der Waals surface area contributed by atoms with Crippen molar-refractivity contribution in [2.75, 3.05) is 19.6 Å². The van der Waals surface area contributed by atoms with Crippen molar-refractivity contribution in [2.24, 2.45) is 10.7 Å². The standard InChI is InChI=1S/C7H12N6O3/c8-5(14)11-12-6(15)9-1-3-13-4-2-10-7(13)16/h1H,2-4H2,(H,10,16)(H,12,15)(H3,8,11,14). The van der Waals surface area contributed by atoms with Crippen LogP contribution in [0.2, 0.25) is 0 Å². The quantitative estimate of drug-likeness (QED) is 0.334. The van der Waals surface area contributed by atoms with Gasteiger partial charge in [0.2, 0.25) is 0 Å². The predicted molar refractivity (Wildman–Crippen MR) is 54.7 cm³/mol. The van der Waals surface area contributed by atoms with E-state index in [9.17, 15) is 14.4 Å². The third-order valence-electron chi connectivity index (χ3n) is 1.75. The van der Waals surface area contributed by atoms with Crippen molar-refractivity contribution in [1.29, 1.82) is 0 Å². The van der Waals surface area contributed by atoms with Crippen LogP contribution in [0.1, 0.15) is 0 Å². The van der Waals surface area contributed by atoms with Crippen molar-refractivity contribution in [3.8, 4) is 0 Å². The lowest BCUT2D eigenvalue weighted by Gasteiger charge is -2.09. The van der Waals surface area contributed by atoms with Gasteiger partial charge in [-0.2, -0.15) is 0 Å². The molecule has 1 aliphatic heterocycles. The molecule has 1 aliphatic rings. The number of hydrogen-bond acceptors (Lipinski definition) is 3. The Hall–Kier alpha value is -2.32. The van der Waals surface area contributed by atoms with Gasteiger partial charge in [0, 0.05) is 19.3 Å². The van der Waals surface area contributed by atoms with Gasteiger partial charge in [-0.25, -0.2) is 30.2 Å². The predicted octanol–water partition coefficient (Wildman–Crippen LogP) is -1.62. The van der Waals surface area contributed by atoms with Crippen molar-refractivity contribution in [3.63, 3.8) is 0 Å². The van der Waals surface area contributed by atoms with Crippen LogP contribution < -0.4 is 21.9 Å². The maximum Gasteiger partial charge on any atom is 0.359 e. The fourth-order valence-electron chi connectivity index (χ4n) is 1.05. The summed E-state index contributed by atoms with van der Waals surface area (Å²) in [6, 6.07) is -1.84. The number of aliphatic imine (C=N–C) groups is 1. The first kappa shape index (κ1) is 11.8. The van der Waals surface area contributed by atoms with Crippen LogP contribution in [0.3, 0.4) is 0 Å². The van der Waals surface area contributed by atoms with E-state index < -0.39 is 12.1 Å². The summed E-state index contributed by atoms with van der Waals surface area (Å²) >= 11 is 0. The van der Waals surface area contributed by atoms with Gasteiger partial charge in [-0.3, -0.25) is 0 Å². The molecule has 6 amide bonds. The number of urea groups is 3. The number of nitrogens with zero attached hydrogens (tertiary/aromatic N) is 2. The van der Waals surface area contributed by atoms with Crippen LogP contribution in [0.4, 0.5) is 14.4 Å². The van der Waals surface area contributed by atoms with E-state index in [2.05, 4.69) is 10.3 Å². The Morgan fingerprint density at radius 2 is 2.31 bits per heavy atom. The van der Waals surface area contributed by atoms with Crippen LogP contribution in [-0.2, 0) is 0 Å². The lowest BCUT2D eigenvalue weighted by molar-refractivity contribution is 0.223. The zero-order valence-electron chi connectivity index (χ0n) is 8.40. The number of rotatable bonds is 2. The molecule has 0 radical (unpaired) electrons. The molecule has 0 bridgehead atoms. The fourth-order valence-corrected chi connectivity index (χ4v) is 1.05. The topological polar surface area (TPSA) is 129 Å². The molecule has 9 heteroatoms. The minimum absolute atomic E-state index is 0.192. The molecule has 0 spiro atoms. The molecule has 0 aromatic heterocycles. The molecule has 88 valence electrons. The summed E-state index contributed by atoms with van der Waals surface area (Å²) < 4.78 is 0. The number of primary amides is 1. The average molecular weight is 228 g/mol. The number of hydrazine groups is 1. The molecule has 0 aliphatic carbocycles. The Labute approximate surface area is 91.0 Å². The highest BCUT2D eigenvalue weighted by Gasteiger charge is 2.17. The minimum atomic E-state index is -0.887. The maximum atomic E-state index is 11.0. The van der Waals surface area contributed by atoms with Crippen LogP contribution in [0.5, 0.6) is 0 Å². The van der Waals surface area contributed by atoms with Gasteiger partial charge in [0.1, 0.15) is 0 Å². The van der Waals surface area contributed by atoms with Crippen LogP contribution in [0.15, 0.2) is 4.99 Å². The monoisotopic (exact) mass is 228 g/mol. The molecule has 16 heavy (non-hydrogen) atoms. The number of carbonyl (C=O) groups is 3. The maximum absolute atomic E-state index is 11.0. The van der Waals surface area contributed by atoms with E-state index in [1.807, 2.05) is 10.9 Å². The van der Waals surface area contributed by atoms with Crippen molar-refractivity contribution in [1.82, 2.24) is 21.1 Å². The highest BCUT2D eigenvalue weighted by atomic mass is 16.2. The molecule has 5 N–H and O–H groups in total. The van der Waals surface area contributed by atoms with Crippen LogP contribution in [-0.4, -0.2) is 48.8 Å². The number of nitrogens with one attached hydrogen (secondary N) is 3. The molecule has 1 heterocycles. The highest BCUT2D eigenvalue weighted by Crippen LogP contribution is 1.93. The molecule has 9 nitrogen and oxygen atoms in total. The summed E-state index contributed by atoms with van der Waals surface area (Å²) in [7, 11) is 0. The molecule has 0 unspecified atom stereocenters. The number of amides is 6. The molecule has 0 atom stereocenters. The van der Waals surface area contributed by atoms with Gasteiger partial charge in [0.05, 0.1) is 6.54 Å². The molecule has 0 saturated carbocycles. The third-order valence-corrected chi connectivity index (χ3v) is 1.75.